The molecule has 1 heterocycles. The summed E-state index contributed by atoms with van der Waals surface area (Å²) in [6.45, 7) is 9.97. The monoisotopic (exact) mass is 227 g/mol. The van der Waals surface area contributed by atoms with Crippen molar-refractivity contribution in [1.29, 1.82) is 0 Å². The van der Waals surface area contributed by atoms with E-state index in [1.165, 1.54) is 32.1 Å². The van der Waals surface area contributed by atoms with Crippen LogP contribution in [0.4, 0.5) is 0 Å². The maximum absolute atomic E-state index is 5.53. The van der Waals surface area contributed by atoms with Gasteiger partial charge in [0.2, 0.25) is 0 Å². The lowest BCUT2D eigenvalue weighted by molar-refractivity contribution is 0.171. The fraction of sp³-hybridized carbons (Fsp3) is 1.00. The zero-order valence-corrected chi connectivity index (χ0v) is 11.3. The number of nitrogens with one attached hydrogen (secondary N) is 1. The highest BCUT2D eigenvalue weighted by Gasteiger charge is 2.26. The molecule has 96 valence electrons. The van der Waals surface area contributed by atoms with Gasteiger partial charge in [-0.1, -0.05) is 33.6 Å². The highest BCUT2D eigenvalue weighted by Crippen LogP contribution is 2.24. The SMILES string of the molecule is CCCNC(CC(CC)CC)C1CCOC1. The minimum Gasteiger partial charge on any atom is -0.381 e. The smallest absolute Gasteiger partial charge is 0.0510 e. The quantitative estimate of drug-likeness (QED) is 0.687. The molecular weight excluding hydrogens is 198 g/mol. The van der Waals surface area contributed by atoms with Crippen LogP contribution in [0.15, 0.2) is 0 Å². The Morgan fingerprint density at radius 2 is 2.00 bits per heavy atom. The second-order valence-corrected chi connectivity index (χ2v) is 5.10. The van der Waals surface area contributed by atoms with Gasteiger partial charge in [-0.3, -0.25) is 0 Å². The van der Waals surface area contributed by atoms with Crippen LogP contribution in [0.25, 0.3) is 0 Å². The van der Waals surface area contributed by atoms with Gasteiger partial charge < -0.3 is 10.1 Å². The largest absolute Gasteiger partial charge is 0.381 e. The minimum atomic E-state index is 0.687. The average Bonchev–Trinajstić information content (AvgIpc) is 2.83. The fourth-order valence-electron chi connectivity index (χ4n) is 2.62. The van der Waals surface area contributed by atoms with E-state index in [2.05, 4.69) is 26.1 Å². The molecule has 0 aromatic rings. The standard InChI is InChI=1S/C14H29NO/c1-4-8-15-14(10-12(5-2)6-3)13-7-9-16-11-13/h12-15H,4-11H2,1-3H3. The van der Waals surface area contributed by atoms with Crippen LogP contribution in [0.2, 0.25) is 0 Å². The fourth-order valence-corrected chi connectivity index (χ4v) is 2.62. The lowest BCUT2D eigenvalue weighted by Crippen LogP contribution is -2.38. The third kappa shape index (κ3) is 4.42. The normalized spacial score (nSPS) is 22.9. The van der Waals surface area contributed by atoms with E-state index >= 15 is 0 Å². The number of hydrogen-bond acceptors (Lipinski definition) is 2. The van der Waals surface area contributed by atoms with E-state index in [1.807, 2.05) is 0 Å². The Kier molecular flexibility index (Phi) is 7.06. The topological polar surface area (TPSA) is 21.3 Å². The molecule has 2 unspecified atom stereocenters. The van der Waals surface area contributed by atoms with Gasteiger partial charge in [0.05, 0.1) is 6.61 Å². The first-order valence-corrected chi connectivity index (χ1v) is 7.12. The van der Waals surface area contributed by atoms with E-state index in [1.54, 1.807) is 0 Å². The van der Waals surface area contributed by atoms with Gasteiger partial charge in [0.15, 0.2) is 0 Å². The molecule has 1 aliphatic heterocycles. The van der Waals surface area contributed by atoms with Crippen molar-refractivity contribution < 1.29 is 4.74 Å². The van der Waals surface area contributed by atoms with E-state index < -0.39 is 0 Å². The van der Waals surface area contributed by atoms with E-state index in [4.69, 9.17) is 4.74 Å². The molecule has 2 nitrogen and oxygen atoms in total. The van der Waals surface area contributed by atoms with Crippen LogP contribution in [-0.2, 0) is 4.74 Å². The summed E-state index contributed by atoms with van der Waals surface area (Å²) in [5.74, 6) is 1.64. The summed E-state index contributed by atoms with van der Waals surface area (Å²) >= 11 is 0. The second-order valence-electron chi connectivity index (χ2n) is 5.10. The van der Waals surface area contributed by atoms with Crippen LogP contribution in [-0.4, -0.2) is 25.8 Å². The highest BCUT2D eigenvalue weighted by molar-refractivity contribution is 4.81. The van der Waals surface area contributed by atoms with Crippen molar-refractivity contribution in [2.45, 2.75) is 58.9 Å². The average molecular weight is 227 g/mol. The van der Waals surface area contributed by atoms with Crippen LogP contribution >= 0.6 is 0 Å². The van der Waals surface area contributed by atoms with Crippen molar-refractivity contribution in [2.24, 2.45) is 11.8 Å². The van der Waals surface area contributed by atoms with Gasteiger partial charge in [-0.25, -0.2) is 0 Å². The molecule has 0 aromatic heterocycles. The van der Waals surface area contributed by atoms with Crippen LogP contribution in [0.3, 0.4) is 0 Å². The number of ether oxygens (including phenoxy) is 1. The molecule has 0 aromatic carbocycles. The van der Waals surface area contributed by atoms with Crippen LogP contribution in [0, 0.1) is 11.8 Å². The molecule has 0 amide bonds. The summed E-state index contributed by atoms with van der Waals surface area (Å²) in [6, 6.07) is 0.687. The third-order valence-corrected chi connectivity index (χ3v) is 3.93. The summed E-state index contributed by atoms with van der Waals surface area (Å²) in [6.07, 6.45) is 6.44. The maximum Gasteiger partial charge on any atom is 0.0510 e. The summed E-state index contributed by atoms with van der Waals surface area (Å²) < 4.78 is 5.53. The Labute approximate surface area is 101 Å². The minimum absolute atomic E-state index is 0.687. The molecule has 1 aliphatic rings. The molecule has 0 aliphatic carbocycles. The molecule has 0 radical (unpaired) electrons. The van der Waals surface area contributed by atoms with Gasteiger partial charge >= 0.3 is 0 Å². The first kappa shape index (κ1) is 14.0. The van der Waals surface area contributed by atoms with Crippen LogP contribution in [0.5, 0.6) is 0 Å². The number of hydrogen-bond donors (Lipinski definition) is 1. The third-order valence-electron chi connectivity index (χ3n) is 3.93. The van der Waals surface area contributed by atoms with Gasteiger partial charge in [-0.05, 0) is 37.6 Å². The predicted molar refractivity (Wildman–Crippen MR) is 69.7 cm³/mol. The van der Waals surface area contributed by atoms with Crippen LogP contribution < -0.4 is 5.32 Å². The molecule has 2 heteroatoms. The van der Waals surface area contributed by atoms with Gasteiger partial charge in [0.25, 0.3) is 0 Å². The van der Waals surface area contributed by atoms with Gasteiger partial charge in [0, 0.05) is 12.6 Å². The zero-order chi connectivity index (χ0) is 11.8. The Balaban J connectivity index is 2.41. The molecule has 1 saturated heterocycles. The Bertz CT molecular complexity index is 162. The van der Waals surface area contributed by atoms with Crippen molar-refractivity contribution in [3.63, 3.8) is 0 Å². The van der Waals surface area contributed by atoms with E-state index in [0.717, 1.165) is 31.6 Å². The molecule has 0 spiro atoms. The summed E-state index contributed by atoms with van der Waals surface area (Å²) in [4.78, 5) is 0. The highest BCUT2D eigenvalue weighted by atomic mass is 16.5. The number of rotatable bonds is 8. The van der Waals surface area contributed by atoms with Gasteiger partial charge in [0.1, 0.15) is 0 Å². The lowest BCUT2D eigenvalue weighted by Gasteiger charge is -2.27. The van der Waals surface area contributed by atoms with E-state index in [0.29, 0.717) is 6.04 Å². The molecule has 1 rings (SSSR count). The summed E-state index contributed by atoms with van der Waals surface area (Å²) in [7, 11) is 0. The van der Waals surface area contributed by atoms with E-state index in [9.17, 15) is 0 Å². The first-order valence-electron chi connectivity index (χ1n) is 7.12. The summed E-state index contributed by atoms with van der Waals surface area (Å²) in [5.41, 5.74) is 0. The lowest BCUT2D eigenvalue weighted by atomic mass is 9.87. The first-order chi connectivity index (χ1) is 7.81. The Morgan fingerprint density at radius 1 is 1.25 bits per heavy atom. The molecule has 1 N–H and O–H groups in total. The molecule has 2 atom stereocenters. The zero-order valence-electron chi connectivity index (χ0n) is 11.3. The molecule has 0 saturated carbocycles. The summed E-state index contributed by atoms with van der Waals surface area (Å²) in [5, 5.41) is 3.73. The van der Waals surface area contributed by atoms with Crippen molar-refractivity contribution in [3.05, 3.63) is 0 Å². The van der Waals surface area contributed by atoms with Gasteiger partial charge in [-0.2, -0.15) is 0 Å². The predicted octanol–water partition coefficient (Wildman–Crippen LogP) is 3.22. The van der Waals surface area contributed by atoms with Crippen molar-refractivity contribution in [2.75, 3.05) is 19.8 Å². The maximum atomic E-state index is 5.53. The van der Waals surface area contributed by atoms with Crippen LogP contribution in [0.1, 0.15) is 52.9 Å². The molecule has 16 heavy (non-hydrogen) atoms. The Morgan fingerprint density at radius 3 is 2.50 bits per heavy atom. The molecule has 0 bridgehead atoms. The molecule has 1 fully saturated rings. The van der Waals surface area contributed by atoms with Gasteiger partial charge in [-0.15, -0.1) is 0 Å². The van der Waals surface area contributed by atoms with Crippen molar-refractivity contribution >= 4 is 0 Å². The second kappa shape index (κ2) is 8.08. The van der Waals surface area contributed by atoms with Crippen molar-refractivity contribution in [3.8, 4) is 0 Å². The molecular formula is C14H29NO. The van der Waals surface area contributed by atoms with E-state index in [-0.39, 0.29) is 0 Å². The van der Waals surface area contributed by atoms with Crippen molar-refractivity contribution in [1.82, 2.24) is 5.32 Å². The Hall–Kier alpha value is -0.0800.